The molecule has 4 heteroatoms. The van der Waals surface area contributed by atoms with Crippen molar-refractivity contribution in [1.29, 1.82) is 0 Å². The summed E-state index contributed by atoms with van der Waals surface area (Å²) in [5.74, 6) is 0.783. The molecular weight excluding hydrogens is 312 g/mol. The van der Waals surface area contributed by atoms with Gasteiger partial charge in [-0.05, 0) is 37.3 Å². The number of nitrogens with zero attached hydrogens (tertiary/aromatic N) is 1. The average molecular weight is 344 g/mol. The zero-order chi connectivity index (χ0) is 18.0. The van der Waals surface area contributed by atoms with Crippen LogP contribution in [-0.2, 0) is 22.4 Å². The first kappa shape index (κ1) is 18.4. The zero-order valence-electron chi connectivity index (χ0n) is 16.0. The molecule has 1 saturated heterocycles. The van der Waals surface area contributed by atoms with Gasteiger partial charge in [-0.3, -0.25) is 9.69 Å². The first-order chi connectivity index (χ1) is 11.9. The topological polar surface area (TPSA) is 41.6 Å². The second-order valence-corrected chi connectivity index (χ2v) is 8.25. The third-order valence-electron chi connectivity index (χ3n) is 5.54. The Morgan fingerprint density at radius 2 is 1.76 bits per heavy atom. The molecule has 1 aromatic carbocycles. The maximum absolute atomic E-state index is 13.3. The fourth-order valence-electron chi connectivity index (χ4n) is 4.29. The van der Waals surface area contributed by atoms with E-state index >= 15 is 0 Å². The highest BCUT2D eigenvalue weighted by Gasteiger charge is 2.49. The molecule has 4 nitrogen and oxygen atoms in total. The Kier molecular flexibility index (Phi) is 5.49. The molecule has 1 N–H and O–H groups in total. The minimum absolute atomic E-state index is 0.160. The lowest BCUT2D eigenvalue weighted by Gasteiger charge is -2.45. The monoisotopic (exact) mass is 344 g/mol. The molecule has 1 amide bonds. The van der Waals surface area contributed by atoms with Crippen LogP contribution in [0.1, 0.15) is 45.2 Å². The Morgan fingerprint density at radius 3 is 2.28 bits per heavy atom. The molecule has 3 rings (SSSR count). The van der Waals surface area contributed by atoms with E-state index in [1.165, 1.54) is 11.1 Å². The van der Waals surface area contributed by atoms with Gasteiger partial charge in [0.05, 0.1) is 12.2 Å². The van der Waals surface area contributed by atoms with E-state index in [1.807, 2.05) is 0 Å². The van der Waals surface area contributed by atoms with E-state index in [0.29, 0.717) is 5.92 Å². The number of fused-ring (bicyclic) bond motifs is 1. The minimum Gasteiger partial charge on any atom is -0.373 e. The smallest absolute Gasteiger partial charge is 0.241 e. The first-order valence-electron chi connectivity index (χ1n) is 9.66. The van der Waals surface area contributed by atoms with Crippen LogP contribution in [0.4, 0.5) is 0 Å². The zero-order valence-corrected chi connectivity index (χ0v) is 16.0. The lowest BCUT2D eigenvalue weighted by Crippen LogP contribution is -2.64. The van der Waals surface area contributed by atoms with Crippen LogP contribution in [0.3, 0.4) is 0 Å². The molecule has 0 bridgehead atoms. The van der Waals surface area contributed by atoms with Crippen LogP contribution in [0.25, 0.3) is 0 Å². The molecule has 2 atom stereocenters. The number of morpholine rings is 1. The number of amides is 1. The van der Waals surface area contributed by atoms with Crippen molar-refractivity contribution in [3.05, 3.63) is 35.4 Å². The van der Waals surface area contributed by atoms with Crippen LogP contribution in [0.5, 0.6) is 0 Å². The predicted octanol–water partition coefficient (Wildman–Crippen LogP) is 2.80. The van der Waals surface area contributed by atoms with E-state index in [1.54, 1.807) is 0 Å². The predicted molar refractivity (Wildman–Crippen MR) is 101 cm³/mol. The summed E-state index contributed by atoms with van der Waals surface area (Å²) in [5, 5.41) is 3.24. The fraction of sp³-hybridized carbons (Fsp3) is 0.667. The lowest BCUT2D eigenvalue weighted by atomic mass is 9.90. The molecule has 25 heavy (non-hydrogen) atoms. The van der Waals surface area contributed by atoms with Crippen molar-refractivity contribution in [1.82, 2.24) is 10.2 Å². The van der Waals surface area contributed by atoms with Gasteiger partial charge in [-0.1, -0.05) is 38.1 Å². The van der Waals surface area contributed by atoms with Crippen molar-refractivity contribution in [2.45, 2.75) is 64.7 Å². The van der Waals surface area contributed by atoms with Crippen molar-refractivity contribution >= 4 is 5.91 Å². The molecule has 1 fully saturated rings. The Labute approximate surface area is 151 Å². The summed E-state index contributed by atoms with van der Waals surface area (Å²) in [6, 6.07) is 8.50. The number of nitrogens with one attached hydrogen (secondary N) is 1. The average Bonchev–Trinajstić information content (AvgIpc) is 2.94. The Bertz CT molecular complexity index is 579. The summed E-state index contributed by atoms with van der Waals surface area (Å²) in [6.45, 7) is 11.0. The third-order valence-corrected chi connectivity index (χ3v) is 5.54. The molecule has 0 aromatic heterocycles. The Morgan fingerprint density at radius 1 is 1.20 bits per heavy atom. The first-order valence-corrected chi connectivity index (χ1v) is 9.66. The second-order valence-electron chi connectivity index (χ2n) is 8.25. The van der Waals surface area contributed by atoms with Crippen molar-refractivity contribution in [2.75, 3.05) is 19.6 Å². The maximum Gasteiger partial charge on any atom is 0.241 e. The summed E-state index contributed by atoms with van der Waals surface area (Å²) in [6.07, 6.45) is 2.94. The summed E-state index contributed by atoms with van der Waals surface area (Å²) in [4.78, 5) is 15.7. The molecule has 0 spiro atoms. The standard InChI is InChI=1S/C21H32N2O2/c1-15(2)9-10-22-20(24)21(23-13-16(3)25-17(4)14-23)11-18-7-5-6-8-19(18)12-21/h5-8,15-17H,9-14H2,1-4H3,(H,22,24)/t16-,17+. The Hall–Kier alpha value is -1.39. The molecular formula is C21H32N2O2. The van der Waals surface area contributed by atoms with Crippen LogP contribution >= 0.6 is 0 Å². The lowest BCUT2D eigenvalue weighted by molar-refractivity contribution is -0.144. The highest BCUT2D eigenvalue weighted by Crippen LogP contribution is 2.36. The highest BCUT2D eigenvalue weighted by atomic mass is 16.5. The van der Waals surface area contributed by atoms with Gasteiger partial charge in [0, 0.05) is 32.5 Å². The largest absolute Gasteiger partial charge is 0.373 e. The molecule has 0 radical (unpaired) electrons. The quantitative estimate of drug-likeness (QED) is 0.893. The normalized spacial score (nSPS) is 25.8. The van der Waals surface area contributed by atoms with Gasteiger partial charge in [0.1, 0.15) is 5.54 Å². The van der Waals surface area contributed by atoms with Gasteiger partial charge in [-0.25, -0.2) is 0 Å². The van der Waals surface area contributed by atoms with Gasteiger partial charge in [-0.15, -0.1) is 0 Å². The van der Waals surface area contributed by atoms with Gasteiger partial charge in [0.2, 0.25) is 5.91 Å². The van der Waals surface area contributed by atoms with Crippen molar-refractivity contribution < 1.29 is 9.53 Å². The molecule has 2 aliphatic rings. The van der Waals surface area contributed by atoms with E-state index in [0.717, 1.165) is 38.9 Å². The minimum atomic E-state index is -0.465. The molecule has 138 valence electrons. The highest BCUT2D eigenvalue weighted by molar-refractivity contribution is 5.88. The number of ether oxygens (including phenoxy) is 1. The van der Waals surface area contributed by atoms with Crippen molar-refractivity contribution in [2.24, 2.45) is 5.92 Å². The van der Waals surface area contributed by atoms with Gasteiger partial charge in [0.25, 0.3) is 0 Å². The van der Waals surface area contributed by atoms with Crippen molar-refractivity contribution in [3.8, 4) is 0 Å². The number of benzene rings is 1. The second kappa shape index (κ2) is 7.46. The summed E-state index contributed by atoms with van der Waals surface area (Å²) in [5.41, 5.74) is 2.16. The SMILES string of the molecule is CC(C)CCNC(=O)C1(N2C[C@@H](C)O[C@@H](C)C2)Cc2ccccc2C1. The van der Waals surface area contributed by atoms with Crippen molar-refractivity contribution in [3.63, 3.8) is 0 Å². The molecule has 1 aromatic rings. The van der Waals surface area contributed by atoms with Crippen LogP contribution in [0, 0.1) is 5.92 Å². The van der Waals surface area contributed by atoms with E-state index < -0.39 is 5.54 Å². The van der Waals surface area contributed by atoms with Crippen LogP contribution < -0.4 is 5.32 Å². The van der Waals surface area contributed by atoms with E-state index in [2.05, 4.69) is 62.2 Å². The summed E-state index contributed by atoms with van der Waals surface area (Å²) in [7, 11) is 0. The van der Waals surface area contributed by atoms with E-state index in [4.69, 9.17) is 4.74 Å². The molecule has 0 unspecified atom stereocenters. The van der Waals surface area contributed by atoms with Crippen LogP contribution in [0.2, 0.25) is 0 Å². The summed E-state index contributed by atoms with van der Waals surface area (Å²) < 4.78 is 5.92. The molecule has 1 aliphatic heterocycles. The van der Waals surface area contributed by atoms with Gasteiger partial charge >= 0.3 is 0 Å². The van der Waals surface area contributed by atoms with E-state index in [9.17, 15) is 4.79 Å². The fourth-order valence-corrected chi connectivity index (χ4v) is 4.29. The number of hydrogen-bond donors (Lipinski definition) is 1. The molecule has 1 aliphatic carbocycles. The summed E-state index contributed by atoms with van der Waals surface area (Å²) >= 11 is 0. The molecule has 0 saturated carbocycles. The number of carbonyl (C=O) groups is 1. The Balaban J connectivity index is 1.83. The number of hydrogen-bond acceptors (Lipinski definition) is 3. The van der Waals surface area contributed by atoms with Crippen LogP contribution in [-0.4, -0.2) is 48.2 Å². The van der Waals surface area contributed by atoms with Gasteiger partial charge < -0.3 is 10.1 Å². The molecule has 1 heterocycles. The van der Waals surface area contributed by atoms with Crippen LogP contribution in [0.15, 0.2) is 24.3 Å². The third kappa shape index (κ3) is 3.90. The maximum atomic E-state index is 13.3. The number of carbonyl (C=O) groups excluding carboxylic acids is 1. The number of rotatable bonds is 5. The van der Waals surface area contributed by atoms with E-state index in [-0.39, 0.29) is 18.1 Å². The van der Waals surface area contributed by atoms with Gasteiger partial charge in [-0.2, -0.15) is 0 Å². The van der Waals surface area contributed by atoms with Gasteiger partial charge in [0.15, 0.2) is 0 Å².